The molecule has 1 atom stereocenters. The molecule has 6 heteroatoms. The fraction of sp³-hybridized carbons (Fsp3) is 0.167. The van der Waals surface area contributed by atoms with E-state index in [1.807, 2.05) is 13.0 Å². The van der Waals surface area contributed by atoms with E-state index in [0.29, 0.717) is 16.5 Å². The van der Waals surface area contributed by atoms with E-state index in [2.05, 4.69) is 15.4 Å². The smallest absolute Gasteiger partial charge is 0.128 e. The maximum absolute atomic E-state index is 6.12. The van der Waals surface area contributed by atoms with Gasteiger partial charge in [-0.25, -0.2) is 10.4 Å². The summed E-state index contributed by atoms with van der Waals surface area (Å²) in [5, 5.41) is 0.529. The highest BCUT2D eigenvalue weighted by atomic mass is 35.5. The van der Waals surface area contributed by atoms with Crippen LogP contribution in [0.15, 0.2) is 30.6 Å². The number of nitrogen functional groups attached to an aromatic ring is 1. The molecule has 0 radical (unpaired) electrons. The number of aromatic nitrogens is 2. The molecular weight excluding hydrogens is 250 g/mol. The number of hydrogen-bond acceptors (Lipinski definition) is 5. The predicted octanol–water partition coefficient (Wildman–Crippen LogP) is 1.57. The van der Waals surface area contributed by atoms with Crippen molar-refractivity contribution in [3.05, 3.63) is 52.4 Å². The Labute approximate surface area is 110 Å². The first kappa shape index (κ1) is 12.8. The molecule has 2 heterocycles. The molecule has 2 aromatic rings. The Hall–Kier alpha value is -1.69. The molecular formula is C12H14ClN5. The highest BCUT2D eigenvalue weighted by Crippen LogP contribution is 2.28. The van der Waals surface area contributed by atoms with Gasteiger partial charge in [-0.2, -0.15) is 0 Å². The van der Waals surface area contributed by atoms with Crippen molar-refractivity contribution in [3.8, 4) is 0 Å². The fourth-order valence-corrected chi connectivity index (χ4v) is 1.99. The van der Waals surface area contributed by atoms with Crippen LogP contribution in [0.3, 0.4) is 0 Å². The number of hydrazine groups is 1. The van der Waals surface area contributed by atoms with Gasteiger partial charge >= 0.3 is 0 Å². The van der Waals surface area contributed by atoms with Gasteiger partial charge < -0.3 is 5.73 Å². The lowest BCUT2D eigenvalue weighted by atomic mass is 10.0. The van der Waals surface area contributed by atoms with Gasteiger partial charge in [0.05, 0.1) is 16.8 Å². The van der Waals surface area contributed by atoms with E-state index in [-0.39, 0.29) is 6.04 Å². The van der Waals surface area contributed by atoms with E-state index in [1.54, 1.807) is 24.5 Å². The van der Waals surface area contributed by atoms with E-state index < -0.39 is 0 Å². The highest BCUT2D eigenvalue weighted by Gasteiger charge is 2.19. The monoisotopic (exact) mass is 263 g/mol. The molecule has 0 aliphatic carbocycles. The Bertz CT molecular complexity index is 558. The Morgan fingerprint density at radius 3 is 2.83 bits per heavy atom. The molecule has 5 N–H and O–H groups in total. The van der Waals surface area contributed by atoms with Crippen molar-refractivity contribution in [3.63, 3.8) is 0 Å². The minimum absolute atomic E-state index is 0.383. The molecule has 0 bridgehead atoms. The Balaban J connectivity index is 2.52. The second kappa shape index (κ2) is 5.30. The number of pyridine rings is 2. The maximum Gasteiger partial charge on any atom is 0.128 e. The molecule has 0 aliphatic rings. The van der Waals surface area contributed by atoms with Gasteiger partial charge in [0.1, 0.15) is 5.82 Å². The second-order valence-corrected chi connectivity index (χ2v) is 4.36. The lowest BCUT2D eigenvalue weighted by Gasteiger charge is -2.18. The topological polar surface area (TPSA) is 89.8 Å². The molecule has 0 saturated carbocycles. The van der Waals surface area contributed by atoms with Crippen LogP contribution in [0.4, 0.5) is 5.82 Å². The largest absolute Gasteiger partial charge is 0.383 e. The highest BCUT2D eigenvalue weighted by molar-refractivity contribution is 6.31. The second-order valence-electron chi connectivity index (χ2n) is 3.96. The first-order valence-corrected chi connectivity index (χ1v) is 5.80. The van der Waals surface area contributed by atoms with Crippen LogP contribution >= 0.6 is 11.6 Å². The first-order valence-electron chi connectivity index (χ1n) is 5.42. The number of nitrogens with zero attached hydrogens (tertiary/aromatic N) is 2. The van der Waals surface area contributed by atoms with Crippen molar-refractivity contribution in [2.75, 3.05) is 5.73 Å². The molecule has 0 aromatic carbocycles. The van der Waals surface area contributed by atoms with Crippen LogP contribution < -0.4 is 17.0 Å². The van der Waals surface area contributed by atoms with Crippen LogP contribution in [-0.4, -0.2) is 9.97 Å². The number of halogens is 1. The Morgan fingerprint density at radius 1 is 1.39 bits per heavy atom. The van der Waals surface area contributed by atoms with Crippen LogP contribution in [-0.2, 0) is 0 Å². The van der Waals surface area contributed by atoms with E-state index in [9.17, 15) is 0 Å². The molecule has 2 rings (SSSR count). The number of nitrogens with two attached hydrogens (primary N) is 2. The van der Waals surface area contributed by atoms with Gasteiger partial charge in [-0.15, -0.1) is 0 Å². The lowest BCUT2D eigenvalue weighted by Crippen LogP contribution is -2.30. The van der Waals surface area contributed by atoms with Gasteiger partial charge in [0.25, 0.3) is 0 Å². The van der Waals surface area contributed by atoms with Crippen molar-refractivity contribution >= 4 is 17.4 Å². The normalized spacial score (nSPS) is 12.4. The van der Waals surface area contributed by atoms with Crippen LogP contribution in [0.25, 0.3) is 0 Å². The summed E-state index contributed by atoms with van der Waals surface area (Å²) < 4.78 is 0. The van der Waals surface area contributed by atoms with Crippen molar-refractivity contribution < 1.29 is 0 Å². The predicted molar refractivity (Wildman–Crippen MR) is 71.8 cm³/mol. The minimum Gasteiger partial charge on any atom is -0.383 e. The Kier molecular flexibility index (Phi) is 3.76. The quantitative estimate of drug-likeness (QED) is 0.578. The molecule has 0 aliphatic heterocycles. The summed E-state index contributed by atoms with van der Waals surface area (Å²) in [6.45, 7) is 1.93. The molecule has 2 aromatic heterocycles. The van der Waals surface area contributed by atoms with E-state index in [4.69, 9.17) is 23.2 Å². The minimum atomic E-state index is -0.383. The van der Waals surface area contributed by atoms with Gasteiger partial charge in [-0.1, -0.05) is 11.6 Å². The molecule has 18 heavy (non-hydrogen) atoms. The van der Waals surface area contributed by atoms with E-state index >= 15 is 0 Å². The van der Waals surface area contributed by atoms with Crippen molar-refractivity contribution in [2.45, 2.75) is 13.0 Å². The summed E-state index contributed by atoms with van der Waals surface area (Å²) in [4.78, 5) is 8.35. The zero-order chi connectivity index (χ0) is 13.1. The first-order chi connectivity index (χ1) is 8.63. The van der Waals surface area contributed by atoms with Crippen LogP contribution in [0.5, 0.6) is 0 Å². The van der Waals surface area contributed by atoms with E-state index in [1.165, 1.54) is 0 Å². The summed E-state index contributed by atoms with van der Waals surface area (Å²) in [6.07, 6.45) is 3.36. The molecule has 0 spiro atoms. The average molecular weight is 264 g/mol. The van der Waals surface area contributed by atoms with Crippen molar-refractivity contribution in [1.29, 1.82) is 0 Å². The summed E-state index contributed by atoms with van der Waals surface area (Å²) in [6, 6.07) is 5.05. The van der Waals surface area contributed by atoms with Crippen molar-refractivity contribution in [1.82, 2.24) is 15.4 Å². The number of rotatable bonds is 3. The van der Waals surface area contributed by atoms with Crippen LogP contribution in [0.2, 0.25) is 5.02 Å². The summed E-state index contributed by atoms with van der Waals surface area (Å²) in [5.41, 5.74) is 10.9. The third-order valence-electron chi connectivity index (χ3n) is 2.62. The van der Waals surface area contributed by atoms with Gasteiger partial charge in [0.15, 0.2) is 0 Å². The number of nitrogens with one attached hydrogen (secondary N) is 1. The van der Waals surface area contributed by atoms with Crippen LogP contribution in [0.1, 0.15) is 22.9 Å². The molecule has 94 valence electrons. The number of hydrogen-bond donors (Lipinski definition) is 3. The van der Waals surface area contributed by atoms with Gasteiger partial charge in [-0.05, 0) is 30.7 Å². The van der Waals surface area contributed by atoms with Crippen LogP contribution in [0, 0.1) is 6.92 Å². The SMILES string of the molecule is Cc1cnc(N)c(C(NN)c2ncccc2Cl)c1. The zero-order valence-electron chi connectivity index (χ0n) is 9.89. The third kappa shape index (κ3) is 2.43. The van der Waals surface area contributed by atoms with Gasteiger partial charge in [-0.3, -0.25) is 10.8 Å². The summed E-state index contributed by atoms with van der Waals surface area (Å²) in [7, 11) is 0. The van der Waals surface area contributed by atoms with Crippen molar-refractivity contribution in [2.24, 2.45) is 5.84 Å². The van der Waals surface area contributed by atoms with E-state index in [0.717, 1.165) is 11.1 Å². The molecule has 0 amide bonds. The molecule has 1 unspecified atom stereocenters. The summed E-state index contributed by atoms with van der Waals surface area (Å²) >= 11 is 6.12. The standard InChI is InChI=1S/C12H14ClN5/c1-7-5-8(12(14)17-6-7)10(18-15)11-9(13)3-2-4-16-11/h2-6,10,18H,15H2,1H3,(H2,14,17). The maximum atomic E-state index is 6.12. The molecule has 0 fully saturated rings. The van der Waals surface area contributed by atoms with Gasteiger partial charge in [0, 0.05) is 18.0 Å². The lowest BCUT2D eigenvalue weighted by molar-refractivity contribution is 0.620. The number of aryl methyl sites for hydroxylation is 1. The van der Waals surface area contributed by atoms with Gasteiger partial charge in [0.2, 0.25) is 0 Å². The Morgan fingerprint density at radius 2 is 2.17 bits per heavy atom. The zero-order valence-corrected chi connectivity index (χ0v) is 10.6. The molecule has 5 nitrogen and oxygen atoms in total. The summed E-state index contributed by atoms with van der Waals surface area (Å²) in [5.74, 6) is 6.00. The third-order valence-corrected chi connectivity index (χ3v) is 2.94. The average Bonchev–Trinajstić information content (AvgIpc) is 2.36. The number of anilines is 1. The fourth-order valence-electron chi connectivity index (χ4n) is 1.76. The molecule has 0 saturated heterocycles.